The van der Waals surface area contributed by atoms with E-state index in [4.69, 9.17) is 9.47 Å². The number of benzene rings is 1. The lowest BCUT2D eigenvalue weighted by Crippen LogP contribution is -2.24. The van der Waals surface area contributed by atoms with Gasteiger partial charge in [-0.2, -0.15) is 0 Å². The normalized spacial score (nSPS) is 16.2. The minimum absolute atomic E-state index is 0.441. The molecule has 1 aromatic rings. The Morgan fingerprint density at radius 3 is 2.68 bits per heavy atom. The van der Waals surface area contributed by atoms with E-state index in [0.717, 1.165) is 30.0 Å². The highest BCUT2D eigenvalue weighted by atomic mass is 16.5. The van der Waals surface area contributed by atoms with Crippen LogP contribution in [0.5, 0.6) is 11.5 Å². The number of nitrogens with one attached hydrogen (secondary N) is 1. The van der Waals surface area contributed by atoms with Crippen molar-refractivity contribution in [3.63, 3.8) is 0 Å². The van der Waals surface area contributed by atoms with Gasteiger partial charge < -0.3 is 19.9 Å². The number of ether oxygens (including phenoxy) is 2. The van der Waals surface area contributed by atoms with Crippen molar-refractivity contribution in [2.75, 3.05) is 19.8 Å². The predicted molar refractivity (Wildman–Crippen MR) is 74.8 cm³/mol. The topological polar surface area (TPSA) is 50.7 Å². The second-order valence-corrected chi connectivity index (χ2v) is 5.17. The standard InChI is InChI=1S/C15H23NO3/c1-11(2)16-7-6-13(17)12-4-5-14-15(10-12)19-9-3-8-18-14/h4-5,10-11,13,16-17H,3,6-9H2,1-2H3. The molecular formula is C15H23NO3. The summed E-state index contributed by atoms with van der Waals surface area (Å²) in [5.74, 6) is 1.51. The predicted octanol–water partition coefficient (Wildman–Crippen LogP) is 2.27. The summed E-state index contributed by atoms with van der Waals surface area (Å²) in [7, 11) is 0. The molecule has 1 unspecified atom stereocenters. The average molecular weight is 265 g/mol. The Hall–Kier alpha value is -1.26. The molecule has 0 saturated heterocycles. The van der Waals surface area contributed by atoms with Crippen LogP contribution in [0.25, 0.3) is 0 Å². The van der Waals surface area contributed by atoms with Crippen molar-refractivity contribution in [2.45, 2.75) is 38.8 Å². The second kappa shape index (κ2) is 6.78. The highest BCUT2D eigenvalue weighted by molar-refractivity contribution is 5.44. The number of hydrogen-bond acceptors (Lipinski definition) is 4. The fourth-order valence-electron chi connectivity index (χ4n) is 2.06. The van der Waals surface area contributed by atoms with Crippen LogP contribution in [0.1, 0.15) is 38.4 Å². The summed E-state index contributed by atoms with van der Waals surface area (Å²) in [6, 6.07) is 6.12. The van der Waals surface area contributed by atoms with Gasteiger partial charge in [0.05, 0.1) is 19.3 Å². The first-order valence-corrected chi connectivity index (χ1v) is 6.98. The first kappa shape index (κ1) is 14.2. The lowest BCUT2D eigenvalue weighted by Gasteiger charge is -2.15. The molecular weight excluding hydrogens is 242 g/mol. The lowest BCUT2D eigenvalue weighted by atomic mass is 10.1. The Bertz CT molecular complexity index is 406. The highest BCUT2D eigenvalue weighted by Crippen LogP contribution is 2.32. The summed E-state index contributed by atoms with van der Waals surface area (Å²) < 4.78 is 11.2. The summed E-state index contributed by atoms with van der Waals surface area (Å²) in [5.41, 5.74) is 0.884. The molecule has 0 aliphatic carbocycles. The van der Waals surface area contributed by atoms with Crippen molar-refractivity contribution in [3.8, 4) is 11.5 Å². The molecule has 19 heavy (non-hydrogen) atoms. The number of fused-ring (bicyclic) bond motifs is 1. The zero-order valence-electron chi connectivity index (χ0n) is 11.7. The van der Waals surface area contributed by atoms with Gasteiger partial charge in [0.2, 0.25) is 0 Å². The smallest absolute Gasteiger partial charge is 0.161 e. The van der Waals surface area contributed by atoms with Gasteiger partial charge in [0, 0.05) is 12.5 Å². The van der Waals surface area contributed by atoms with Crippen LogP contribution in [0.3, 0.4) is 0 Å². The first-order chi connectivity index (χ1) is 9.16. The van der Waals surface area contributed by atoms with E-state index < -0.39 is 6.10 Å². The molecule has 2 N–H and O–H groups in total. The maximum absolute atomic E-state index is 10.2. The van der Waals surface area contributed by atoms with Crippen LogP contribution >= 0.6 is 0 Å². The van der Waals surface area contributed by atoms with Gasteiger partial charge in [0.15, 0.2) is 11.5 Å². The van der Waals surface area contributed by atoms with Crippen LogP contribution in [-0.2, 0) is 0 Å². The molecule has 2 rings (SSSR count). The van der Waals surface area contributed by atoms with Gasteiger partial charge in [-0.05, 0) is 30.7 Å². The molecule has 4 nitrogen and oxygen atoms in total. The van der Waals surface area contributed by atoms with E-state index in [2.05, 4.69) is 19.2 Å². The second-order valence-electron chi connectivity index (χ2n) is 5.17. The average Bonchev–Trinajstić information content (AvgIpc) is 2.62. The molecule has 0 fully saturated rings. The largest absolute Gasteiger partial charge is 0.490 e. The van der Waals surface area contributed by atoms with Gasteiger partial charge in [0.1, 0.15) is 0 Å². The Balaban J connectivity index is 1.98. The third kappa shape index (κ3) is 4.11. The van der Waals surface area contributed by atoms with Crippen molar-refractivity contribution in [3.05, 3.63) is 23.8 Å². The van der Waals surface area contributed by atoms with Crippen molar-refractivity contribution < 1.29 is 14.6 Å². The van der Waals surface area contributed by atoms with Crippen LogP contribution in [0.2, 0.25) is 0 Å². The van der Waals surface area contributed by atoms with E-state index in [1.807, 2.05) is 18.2 Å². The molecule has 1 atom stereocenters. The van der Waals surface area contributed by atoms with E-state index in [9.17, 15) is 5.11 Å². The molecule has 0 amide bonds. The van der Waals surface area contributed by atoms with Crippen molar-refractivity contribution in [1.82, 2.24) is 5.32 Å². The van der Waals surface area contributed by atoms with Crippen LogP contribution in [0, 0.1) is 0 Å². The molecule has 0 aromatic heterocycles. The fourth-order valence-corrected chi connectivity index (χ4v) is 2.06. The summed E-state index contributed by atoms with van der Waals surface area (Å²) in [4.78, 5) is 0. The zero-order valence-corrected chi connectivity index (χ0v) is 11.7. The summed E-state index contributed by atoms with van der Waals surface area (Å²) in [6.07, 6.45) is 1.12. The fraction of sp³-hybridized carbons (Fsp3) is 0.600. The van der Waals surface area contributed by atoms with E-state index in [-0.39, 0.29) is 0 Å². The Morgan fingerprint density at radius 2 is 1.95 bits per heavy atom. The number of aliphatic hydroxyl groups excluding tert-OH is 1. The quantitative estimate of drug-likeness (QED) is 0.857. The molecule has 0 saturated carbocycles. The summed E-state index contributed by atoms with van der Waals surface area (Å²) in [5, 5.41) is 13.5. The first-order valence-electron chi connectivity index (χ1n) is 6.98. The van der Waals surface area contributed by atoms with Crippen LogP contribution in [0.15, 0.2) is 18.2 Å². The molecule has 4 heteroatoms. The van der Waals surface area contributed by atoms with Gasteiger partial charge in [0.25, 0.3) is 0 Å². The van der Waals surface area contributed by atoms with E-state index >= 15 is 0 Å². The summed E-state index contributed by atoms with van der Waals surface area (Å²) >= 11 is 0. The lowest BCUT2D eigenvalue weighted by molar-refractivity contribution is 0.165. The van der Waals surface area contributed by atoms with Crippen LogP contribution in [0.4, 0.5) is 0 Å². The molecule has 1 aromatic carbocycles. The number of hydrogen-bond donors (Lipinski definition) is 2. The van der Waals surface area contributed by atoms with Gasteiger partial charge >= 0.3 is 0 Å². The maximum Gasteiger partial charge on any atom is 0.161 e. The van der Waals surface area contributed by atoms with Crippen LogP contribution in [-0.4, -0.2) is 30.9 Å². The SMILES string of the molecule is CC(C)NCCC(O)c1ccc2c(c1)OCCCO2. The number of rotatable bonds is 5. The third-order valence-electron chi connectivity index (χ3n) is 3.13. The molecule has 0 radical (unpaired) electrons. The number of aliphatic hydroxyl groups is 1. The molecule has 1 heterocycles. The molecule has 1 aliphatic heterocycles. The van der Waals surface area contributed by atoms with Gasteiger partial charge in [-0.1, -0.05) is 19.9 Å². The molecule has 1 aliphatic rings. The Kier molecular flexibility index (Phi) is 5.05. The monoisotopic (exact) mass is 265 g/mol. The zero-order chi connectivity index (χ0) is 13.7. The van der Waals surface area contributed by atoms with Crippen LogP contribution < -0.4 is 14.8 Å². The Morgan fingerprint density at radius 1 is 1.21 bits per heavy atom. The molecule has 0 bridgehead atoms. The summed E-state index contributed by atoms with van der Waals surface area (Å²) in [6.45, 7) is 6.35. The van der Waals surface area contributed by atoms with Crippen molar-refractivity contribution in [2.24, 2.45) is 0 Å². The van der Waals surface area contributed by atoms with Gasteiger partial charge in [-0.25, -0.2) is 0 Å². The minimum atomic E-state index is -0.469. The van der Waals surface area contributed by atoms with E-state index in [0.29, 0.717) is 25.7 Å². The van der Waals surface area contributed by atoms with E-state index in [1.165, 1.54) is 0 Å². The van der Waals surface area contributed by atoms with Crippen molar-refractivity contribution >= 4 is 0 Å². The molecule has 0 spiro atoms. The van der Waals surface area contributed by atoms with Gasteiger partial charge in [-0.3, -0.25) is 0 Å². The minimum Gasteiger partial charge on any atom is -0.490 e. The Labute approximate surface area is 114 Å². The maximum atomic E-state index is 10.2. The van der Waals surface area contributed by atoms with Crippen molar-refractivity contribution in [1.29, 1.82) is 0 Å². The third-order valence-corrected chi connectivity index (χ3v) is 3.13. The van der Waals surface area contributed by atoms with Gasteiger partial charge in [-0.15, -0.1) is 0 Å². The highest BCUT2D eigenvalue weighted by Gasteiger charge is 2.14. The molecule has 106 valence electrons. The van der Waals surface area contributed by atoms with E-state index in [1.54, 1.807) is 0 Å².